The Balaban J connectivity index is 0.000000414. The van der Waals surface area contributed by atoms with Crippen LogP contribution in [-0.4, -0.2) is 12.8 Å². The second-order valence-corrected chi connectivity index (χ2v) is 11.7. The summed E-state index contributed by atoms with van der Waals surface area (Å²) in [5, 5.41) is 2.43. The van der Waals surface area contributed by atoms with Crippen LogP contribution in [0.2, 0.25) is 0 Å². The van der Waals surface area contributed by atoms with E-state index >= 15 is 35.1 Å². The molecule has 6 rings (SSSR count). The van der Waals surface area contributed by atoms with Crippen molar-refractivity contribution in [2.75, 3.05) is 6.61 Å². The number of nitrogens with zero attached hydrogens (tertiary/aromatic N) is 1. The topological polar surface area (TPSA) is 13.1 Å². The number of fused-ring (bicyclic) bond motifs is 1. The molecule has 5 aromatic carbocycles. The van der Waals surface area contributed by atoms with Gasteiger partial charge in [-0.25, -0.2) is 87.8 Å². The van der Waals surface area contributed by atoms with Crippen molar-refractivity contribution in [3.63, 3.8) is 0 Å². The van der Waals surface area contributed by atoms with Gasteiger partial charge in [-0.05, 0) is 18.4 Å². The van der Waals surface area contributed by atoms with Crippen molar-refractivity contribution in [3.8, 4) is 0 Å². The minimum atomic E-state index is -7.22. The van der Waals surface area contributed by atoms with Gasteiger partial charge in [0, 0.05) is 10.8 Å². The van der Waals surface area contributed by atoms with Crippen molar-refractivity contribution >= 4 is 38.8 Å². The number of pyridine rings is 1. The summed E-state index contributed by atoms with van der Waals surface area (Å²) in [6.45, 7) is 2.66. The molecule has 0 atom stereocenters. The first-order valence-electron chi connectivity index (χ1n) is 15.4. The molecule has 23 heteroatoms. The Morgan fingerprint density at radius 2 is 0.603 bits per heavy atom. The molecular formula is C35H12BF20NO. The fourth-order valence-electron chi connectivity index (χ4n) is 6.22. The molecule has 0 bridgehead atoms. The highest BCUT2D eigenvalue weighted by Gasteiger charge is 2.52. The third-order valence-electron chi connectivity index (χ3n) is 8.65. The van der Waals surface area contributed by atoms with E-state index in [-0.39, 0.29) is 0 Å². The zero-order chi connectivity index (χ0) is 43.5. The predicted molar refractivity (Wildman–Crippen MR) is 160 cm³/mol. The van der Waals surface area contributed by atoms with Crippen LogP contribution in [-0.2, 0) is 0 Å². The molecule has 1 aromatic heterocycles. The van der Waals surface area contributed by atoms with Gasteiger partial charge in [0.15, 0.2) is 76.4 Å². The molecule has 0 saturated heterocycles. The average Bonchev–Trinajstić information content (AvgIpc) is 3.21. The summed E-state index contributed by atoms with van der Waals surface area (Å²) in [7, 11) is 0. The van der Waals surface area contributed by atoms with E-state index in [4.69, 9.17) is 4.84 Å². The maximum absolute atomic E-state index is 15.4. The number of halogens is 20. The largest absolute Gasteiger partial charge is 0.272 e. The number of benzene rings is 5. The number of rotatable bonds is 6. The smallest absolute Gasteiger partial charge is 0.230 e. The third-order valence-corrected chi connectivity index (χ3v) is 8.65. The molecule has 0 unspecified atom stereocenters. The molecule has 0 aliphatic heterocycles. The lowest BCUT2D eigenvalue weighted by atomic mass is 9.12. The standard InChI is InChI=1S/C24BF20.C11H12NO/c26-5-1(6(27)14(35)21(42)13(5)34)25(2-7(28)15(36)22(43)16(37)8(2)29,3-9(30)17(38)23(44)18(39)10(3)31)4-11(32)19(40)24(45)20(41)12(4)33;1-2-13-12-8-7-10-5-3-4-6-11(10)9-12/h;3-9H,2H2,1H3/q-1;+1. The van der Waals surface area contributed by atoms with Gasteiger partial charge in [0.1, 0.15) is 52.7 Å². The van der Waals surface area contributed by atoms with Gasteiger partial charge in [0.2, 0.25) is 12.4 Å². The first-order valence-corrected chi connectivity index (χ1v) is 15.4. The second-order valence-electron chi connectivity index (χ2n) is 11.7. The van der Waals surface area contributed by atoms with Gasteiger partial charge in [-0.2, -0.15) is 0 Å². The molecule has 6 aromatic rings. The maximum atomic E-state index is 15.4. The van der Waals surface area contributed by atoms with E-state index in [1.807, 2.05) is 37.5 Å². The summed E-state index contributed by atoms with van der Waals surface area (Å²) in [4.78, 5) is 5.33. The Bertz CT molecular complexity index is 2270. The van der Waals surface area contributed by atoms with Crippen LogP contribution in [0.25, 0.3) is 10.8 Å². The first kappa shape index (κ1) is 43.1. The predicted octanol–water partition coefficient (Wildman–Crippen LogP) is 7.42. The summed E-state index contributed by atoms with van der Waals surface area (Å²) in [5.41, 5.74) is -14.3. The first-order chi connectivity index (χ1) is 27.1. The Morgan fingerprint density at radius 1 is 0.362 bits per heavy atom. The average molecular weight is 853 g/mol. The van der Waals surface area contributed by atoms with Crippen LogP contribution >= 0.6 is 0 Å². The summed E-state index contributed by atoms with van der Waals surface area (Å²) < 4.78 is 296. The molecule has 0 aliphatic rings. The van der Waals surface area contributed by atoms with E-state index in [0.717, 1.165) is 0 Å². The zero-order valence-electron chi connectivity index (χ0n) is 27.7. The van der Waals surface area contributed by atoms with Gasteiger partial charge < -0.3 is 0 Å². The Hall–Kier alpha value is -6.03. The van der Waals surface area contributed by atoms with E-state index in [9.17, 15) is 52.7 Å². The molecule has 58 heavy (non-hydrogen) atoms. The lowest BCUT2D eigenvalue weighted by Crippen LogP contribution is -2.81. The van der Waals surface area contributed by atoms with E-state index in [0.29, 0.717) is 6.61 Å². The molecule has 0 fully saturated rings. The highest BCUT2D eigenvalue weighted by atomic mass is 19.2. The lowest BCUT2D eigenvalue weighted by molar-refractivity contribution is -0.890. The fraction of sp³-hybridized carbons (Fsp3) is 0.0571. The SMILES string of the molecule is CCO[n+]1ccc2ccccc2c1.Fc1c(F)c(F)c([B-](c2c(F)c(F)c(F)c(F)c2F)(c2c(F)c(F)c(F)c(F)c2F)c2c(F)c(F)c(F)c(F)c2F)c(F)c1F. The number of hydrogen-bond acceptors (Lipinski definition) is 1. The Morgan fingerprint density at radius 3 is 0.862 bits per heavy atom. The van der Waals surface area contributed by atoms with Crippen LogP contribution in [0.5, 0.6) is 0 Å². The van der Waals surface area contributed by atoms with Crippen molar-refractivity contribution in [2.24, 2.45) is 0 Å². The molecule has 0 spiro atoms. The van der Waals surface area contributed by atoms with Crippen molar-refractivity contribution < 1.29 is 97.4 Å². The Labute approximate surface area is 309 Å². The highest BCUT2D eigenvalue weighted by molar-refractivity contribution is 7.20. The van der Waals surface area contributed by atoms with Crippen molar-refractivity contribution in [1.29, 1.82) is 0 Å². The quantitative estimate of drug-likeness (QED) is 0.0560. The van der Waals surface area contributed by atoms with Gasteiger partial charge in [0.25, 0.3) is 0 Å². The Kier molecular flexibility index (Phi) is 11.7. The highest BCUT2D eigenvalue weighted by Crippen LogP contribution is 2.30. The van der Waals surface area contributed by atoms with E-state index < -0.39 is 144 Å². The van der Waals surface area contributed by atoms with Crippen molar-refractivity contribution in [3.05, 3.63) is 159 Å². The molecule has 0 aliphatic carbocycles. The van der Waals surface area contributed by atoms with Crippen LogP contribution in [0.4, 0.5) is 87.8 Å². The summed E-state index contributed by atoms with van der Waals surface area (Å²) in [6, 6.07) is 10.3. The second kappa shape index (κ2) is 15.7. The molecule has 306 valence electrons. The fourth-order valence-corrected chi connectivity index (χ4v) is 6.22. The maximum Gasteiger partial charge on any atom is 0.230 e. The lowest BCUT2D eigenvalue weighted by Gasteiger charge is -2.44. The van der Waals surface area contributed by atoms with Crippen LogP contribution in [0.1, 0.15) is 6.92 Å². The van der Waals surface area contributed by atoms with Crippen molar-refractivity contribution in [2.45, 2.75) is 6.92 Å². The molecule has 0 radical (unpaired) electrons. The summed E-state index contributed by atoms with van der Waals surface area (Å²) >= 11 is 0. The molecule has 2 nitrogen and oxygen atoms in total. The van der Waals surface area contributed by atoms with Gasteiger partial charge in [-0.1, -0.05) is 18.2 Å². The normalized spacial score (nSPS) is 11.6. The van der Waals surface area contributed by atoms with Gasteiger partial charge in [-0.3, -0.25) is 4.84 Å². The molecule has 1 heterocycles. The molecule has 0 N–H and O–H groups in total. The van der Waals surface area contributed by atoms with E-state index in [2.05, 4.69) is 12.1 Å². The number of hydrogen-bond donors (Lipinski definition) is 0. The van der Waals surface area contributed by atoms with Crippen LogP contribution in [0, 0.1) is 116 Å². The van der Waals surface area contributed by atoms with E-state index in [1.54, 1.807) is 4.73 Å². The van der Waals surface area contributed by atoms with Crippen molar-refractivity contribution in [1.82, 2.24) is 0 Å². The minimum absolute atomic E-state index is 0.684. The molecule has 0 saturated carbocycles. The van der Waals surface area contributed by atoms with Gasteiger partial charge >= 0.3 is 0 Å². The minimum Gasteiger partial charge on any atom is -0.272 e. The third kappa shape index (κ3) is 6.39. The molecular weight excluding hydrogens is 841 g/mol. The number of aromatic nitrogens is 1. The van der Waals surface area contributed by atoms with Crippen LogP contribution < -0.4 is 31.4 Å². The van der Waals surface area contributed by atoms with Crippen LogP contribution in [0.3, 0.4) is 0 Å². The van der Waals surface area contributed by atoms with E-state index in [1.165, 1.54) is 10.8 Å². The van der Waals surface area contributed by atoms with Crippen LogP contribution in [0.15, 0.2) is 42.7 Å². The monoisotopic (exact) mass is 853 g/mol. The van der Waals surface area contributed by atoms with Gasteiger partial charge in [0.05, 0.1) is 5.39 Å². The molecule has 0 amide bonds. The zero-order valence-corrected chi connectivity index (χ0v) is 27.7. The van der Waals surface area contributed by atoms with Gasteiger partial charge in [-0.15, -0.1) is 21.9 Å². The summed E-state index contributed by atoms with van der Waals surface area (Å²) in [6.07, 6.45) is -3.31. The summed E-state index contributed by atoms with van der Waals surface area (Å²) in [5.74, 6) is -71.4.